The zero-order valence-electron chi connectivity index (χ0n) is 21.9. The van der Waals surface area contributed by atoms with Crippen molar-refractivity contribution in [1.29, 1.82) is 0 Å². The second kappa shape index (κ2) is 9.64. The topological polar surface area (TPSA) is 71.6 Å². The lowest BCUT2D eigenvalue weighted by molar-refractivity contribution is -0.751. The van der Waals surface area contributed by atoms with Crippen LogP contribution in [-0.4, -0.2) is 72.0 Å². The Balaban J connectivity index is 1.37. The molecule has 2 unspecified atom stereocenters. The third kappa shape index (κ3) is 4.60. The normalized spacial score (nSPS) is 19.0. The van der Waals surface area contributed by atoms with Gasteiger partial charge in [-0.3, -0.25) is 9.88 Å². The molecular weight excluding hydrogens is 466 g/mol. The van der Waals surface area contributed by atoms with E-state index in [2.05, 4.69) is 57.8 Å². The van der Waals surface area contributed by atoms with E-state index in [4.69, 9.17) is 19.4 Å². The Labute approximate surface area is 217 Å². The Kier molecular flexibility index (Phi) is 6.18. The molecule has 2 atom stereocenters. The fourth-order valence-corrected chi connectivity index (χ4v) is 5.56. The van der Waals surface area contributed by atoms with Gasteiger partial charge in [-0.2, -0.15) is 4.68 Å². The largest absolute Gasteiger partial charge is 0.497 e. The Bertz CT molecular complexity index is 1390. The lowest BCUT2D eigenvalue weighted by Crippen LogP contribution is -2.46. The number of anilines is 2. The fourth-order valence-electron chi connectivity index (χ4n) is 5.56. The summed E-state index contributed by atoms with van der Waals surface area (Å²) in [5, 5.41) is 3.60. The number of hydrogen-bond acceptors (Lipinski definition) is 7. The van der Waals surface area contributed by atoms with E-state index in [1.165, 1.54) is 6.42 Å². The van der Waals surface area contributed by atoms with Crippen LogP contribution in [0.2, 0.25) is 0 Å². The summed E-state index contributed by atoms with van der Waals surface area (Å²) in [6.45, 7) is 4.02. The smallest absolute Gasteiger partial charge is 0.204 e. The van der Waals surface area contributed by atoms with Crippen LogP contribution in [0.1, 0.15) is 6.42 Å². The third-order valence-corrected chi connectivity index (χ3v) is 7.71. The van der Waals surface area contributed by atoms with E-state index in [0.717, 1.165) is 71.3 Å². The van der Waals surface area contributed by atoms with Crippen LogP contribution in [0, 0.1) is 0 Å². The maximum atomic E-state index is 5.60. The molecule has 2 aliphatic rings. The monoisotopic (exact) mass is 500 g/mol. The van der Waals surface area contributed by atoms with Gasteiger partial charge in [0.25, 0.3) is 0 Å². The number of nitrogens with one attached hydrogen (secondary N) is 1. The molecule has 2 bridgehead atoms. The van der Waals surface area contributed by atoms with Crippen molar-refractivity contribution in [3.05, 3.63) is 55.0 Å². The maximum absolute atomic E-state index is 5.60. The van der Waals surface area contributed by atoms with Crippen LogP contribution in [0.25, 0.3) is 22.3 Å². The molecule has 0 saturated carbocycles. The molecule has 0 aliphatic carbocycles. The summed E-state index contributed by atoms with van der Waals surface area (Å²) in [6, 6.07) is 13.6. The molecule has 2 fully saturated rings. The van der Waals surface area contributed by atoms with Crippen LogP contribution in [0.3, 0.4) is 0 Å². The summed E-state index contributed by atoms with van der Waals surface area (Å²) in [6.07, 6.45) is 7.22. The minimum Gasteiger partial charge on any atom is -0.497 e. The van der Waals surface area contributed by atoms with E-state index < -0.39 is 0 Å². The molecule has 37 heavy (non-hydrogen) atoms. The van der Waals surface area contributed by atoms with Gasteiger partial charge in [0.1, 0.15) is 11.5 Å². The maximum Gasteiger partial charge on any atom is 0.204 e. The van der Waals surface area contributed by atoms with Crippen molar-refractivity contribution in [2.24, 2.45) is 14.1 Å². The van der Waals surface area contributed by atoms with Gasteiger partial charge in [-0.05, 0) is 24.6 Å². The number of ether oxygens (including phenoxy) is 2. The zero-order valence-corrected chi connectivity index (χ0v) is 21.9. The van der Waals surface area contributed by atoms with Gasteiger partial charge in [-0.15, -0.1) is 4.68 Å². The van der Waals surface area contributed by atoms with Crippen molar-refractivity contribution >= 4 is 22.4 Å². The molecule has 0 amide bonds. The standard InChI is InChI=1S/C28H34N7O2/c1-32-16-19(17-33(32)2)28-15-30-26-6-5-21(12-27(26)31-28)35(8-7-34-18-20-9-23(34)14-29-20)22-10-24(36-3)13-25(11-22)37-4/h5-6,10-13,15-17,20,23,29H,7-9,14,18H2,1-4H3/q+1. The van der Waals surface area contributed by atoms with Gasteiger partial charge < -0.3 is 19.7 Å². The van der Waals surface area contributed by atoms with E-state index in [1.54, 1.807) is 14.2 Å². The molecule has 0 radical (unpaired) electrons. The lowest BCUT2D eigenvalue weighted by atomic mass is 10.2. The number of rotatable bonds is 8. The number of hydrogen-bond donors (Lipinski definition) is 1. The summed E-state index contributed by atoms with van der Waals surface area (Å²) in [7, 11) is 7.40. The Hall–Kier alpha value is -3.69. The van der Waals surface area contributed by atoms with Crippen LogP contribution >= 0.6 is 0 Å². The molecule has 1 N–H and O–H groups in total. The number of fused-ring (bicyclic) bond motifs is 3. The molecule has 2 aliphatic heterocycles. The summed E-state index contributed by atoms with van der Waals surface area (Å²) in [5.41, 5.74) is 5.73. The first-order valence-corrected chi connectivity index (χ1v) is 12.8. The second-order valence-corrected chi connectivity index (χ2v) is 10.0. The Morgan fingerprint density at radius 2 is 1.89 bits per heavy atom. The highest BCUT2D eigenvalue weighted by Gasteiger charge is 2.37. The van der Waals surface area contributed by atoms with Gasteiger partial charge in [0.05, 0.1) is 56.0 Å². The number of aryl methyl sites for hydroxylation is 2. The van der Waals surface area contributed by atoms with Crippen molar-refractivity contribution in [3.8, 4) is 22.8 Å². The zero-order chi connectivity index (χ0) is 25.5. The van der Waals surface area contributed by atoms with E-state index >= 15 is 0 Å². The minimum absolute atomic E-state index is 0.629. The molecule has 2 aromatic carbocycles. The predicted molar refractivity (Wildman–Crippen MR) is 143 cm³/mol. The fraction of sp³-hybridized carbons (Fsp3) is 0.393. The highest BCUT2D eigenvalue weighted by Crippen LogP contribution is 2.34. The predicted octanol–water partition coefficient (Wildman–Crippen LogP) is 2.66. The van der Waals surface area contributed by atoms with Gasteiger partial charge in [0.2, 0.25) is 6.20 Å². The molecule has 9 nitrogen and oxygen atoms in total. The van der Waals surface area contributed by atoms with E-state index in [1.807, 2.05) is 35.7 Å². The van der Waals surface area contributed by atoms with Gasteiger partial charge in [-0.25, -0.2) is 4.98 Å². The minimum atomic E-state index is 0.629. The third-order valence-electron chi connectivity index (χ3n) is 7.71. The van der Waals surface area contributed by atoms with Crippen LogP contribution < -0.4 is 24.4 Å². The number of aromatic nitrogens is 4. The number of likely N-dealkylation sites (tertiary alicyclic amines) is 1. The average molecular weight is 501 g/mol. The first-order chi connectivity index (χ1) is 18.0. The van der Waals surface area contributed by atoms with Crippen molar-refractivity contribution in [2.45, 2.75) is 18.5 Å². The molecule has 2 aromatic heterocycles. The van der Waals surface area contributed by atoms with Crippen molar-refractivity contribution in [2.75, 3.05) is 45.3 Å². The lowest BCUT2D eigenvalue weighted by Gasteiger charge is -2.32. The number of benzene rings is 2. The molecule has 4 heterocycles. The SMILES string of the molecule is COc1cc(OC)cc(N(CCN2CC3CC2CN3)c2ccc3ncc(-c4cn(C)[n+](C)c4)nc3c2)c1. The van der Waals surface area contributed by atoms with Crippen LogP contribution in [0.5, 0.6) is 11.5 Å². The van der Waals surface area contributed by atoms with Crippen LogP contribution in [0.4, 0.5) is 11.4 Å². The number of piperazine rings is 1. The molecule has 4 aromatic rings. The molecule has 192 valence electrons. The van der Waals surface area contributed by atoms with Gasteiger partial charge in [-0.1, -0.05) is 0 Å². The first-order valence-electron chi connectivity index (χ1n) is 12.8. The summed E-state index contributed by atoms with van der Waals surface area (Å²) < 4.78 is 15.2. The van der Waals surface area contributed by atoms with Crippen LogP contribution in [-0.2, 0) is 14.1 Å². The Morgan fingerprint density at radius 3 is 2.54 bits per heavy atom. The van der Waals surface area contributed by atoms with Crippen molar-refractivity contribution in [3.63, 3.8) is 0 Å². The van der Waals surface area contributed by atoms with E-state index in [9.17, 15) is 0 Å². The molecule has 0 spiro atoms. The van der Waals surface area contributed by atoms with Gasteiger partial charge in [0, 0.05) is 67.8 Å². The van der Waals surface area contributed by atoms with E-state index in [0.29, 0.717) is 12.1 Å². The van der Waals surface area contributed by atoms with Crippen molar-refractivity contribution in [1.82, 2.24) is 24.9 Å². The first kappa shape index (κ1) is 23.7. The highest BCUT2D eigenvalue weighted by molar-refractivity contribution is 5.82. The quantitative estimate of drug-likeness (QED) is 0.373. The summed E-state index contributed by atoms with van der Waals surface area (Å²) >= 11 is 0. The van der Waals surface area contributed by atoms with Crippen LogP contribution in [0.15, 0.2) is 55.0 Å². The summed E-state index contributed by atoms with van der Waals surface area (Å²) in [5.74, 6) is 1.53. The van der Waals surface area contributed by atoms with Gasteiger partial charge in [0.15, 0.2) is 7.05 Å². The molecule has 2 saturated heterocycles. The number of methoxy groups -OCH3 is 2. The molecular formula is C28H34N7O2+. The average Bonchev–Trinajstić information content (AvgIpc) is 3.64. The van der Waals surface area contributed by atoms with Crippen molar-refractivity contribution < 1.29 is 14.2 Å². The molecule has 6 rings (SSSR count). The highest BCUT2D eigenvalue weighted by atomic mass is 16.5. The number of nitrogens with zero attached hydrogens (tertiary/aromatic N) is 6. The Morgan fingerprint density at radius 1 is 1.08 bits per heavy atom. The van der Waals surface area contributed by atoms with E-state index in [-0.39, 0.29) is 0 Å². The molecule has 9 heteroatoms. The second-order valence-electron chi connectivity index (χ2n) is 10.0. The summed E-state index contributed by atoms with van der Waals surface area (Å²) in [4.78, 5) is 14.6. The van der Waals surface area contributed by atoms with Gasteiger partial charge >= 0.3 is 0 Å².